The summed E-state index contributed by atoms with van der Waals surface area (Å²) >= 11 is 0. The van der Waals surface area contributed by atoms with Gasteiger partial charge in [-0.2, -0.15) is 0 Å². The van der Waals surface area contributed by atoms with Gasteiger partial charge in [0.2, 0.25) is 5.91 Å². The highest BCUT2D eigenvalue weighted by Crippen LogP contribution is 2.18. The fraction of sp³-hybridized carbons (Fsp3) is 0.750. The van der Waals surface area contributed by atoms with E-state index in [1.54, 1.807) is 0 Å². The molecule has 0 saturated heterocycles. The predicted octanol–water partition coefficient (Wildman–Crippen LogP) is 0.837. The smallest absolute Gasteiger partial charge is 0.221 e. The summed E-state index contributed by atoms with van der Waals surface area (Å²) in [4.78, 5) is 11.3. The van der Waals surface area contributed by atoms with Gasteiger partial charge in [-0.05, 0) is 19.3 Å². The van der Waals surface area contributed by atoms with Crippen molar-refractivity contribution in [2.24, 2.45) is 0 Å². The Morgan fingerprint density at radius 1 is 1.38 bits per heavy atom. The number of amides is 1. The molecular weight excluding hydrogens is 204 g/mol. The van der Waals surface area contributed by atoms with E-state index < -0.39 is 0 Å². The molecule has 1 saturated carbocycles. The number of ether oxygens (including phenoxy) is 1. The fourth-order valence-corrected chi connectivity index (χ4v) is 1.27. The molecule has 2 N–H and O–H groups in total. The van der Waals surface area contributed by atoms with Gasteiger partial charge in [-0.1, -0.05) is 6.08 Å². The lowest BCUT2D eigenvalue weighted by atomic mass is 10.4. The third kappa shape index (κ3) is 7.43. The largest absolute Gasteiger partial charge is 0.380 e. The molecule has 0 aromatic heterocycles. The lowest BCUT2D eigenvalue weighted by Gasteiger charge is -2.05. The predicted molar refractivity (Wildman–Crippen MR) is 64.3 cm³/mol. The second kappa shape index (κ2) is 8.30. The standard InChI is InChI=1S/C12H22N2O2/c1-2-3-9-16-10-8-13-7-6-12(15)14-11-4-5-11/h2,11,13H,1,3-10H2,(H,14,15). The minimum Gasteiger partial charge on any atom is -0.380 e. The molecule has 4 heteroatoms. The van der Waals surface area contributed by atoms with E-state index >= 15 is 0 Å². The van der Waals surface area contributed by atoms with Crippen molar-refractivity contribution in [3.63, 3.8) is 0 Å². The molecule has 0 unspecified atom stereocenters. The zero-order valence-corrected chi connectivity index (χ0v) is 9.84. The molecule has 1 fully saturated rings. The number of rotatable bonds is 10. The van der Waals surface area contributed by atoms with Crippen LogP contribution in [0.15, 0.2) is 12.7 Å². The summed E-state index contributed by atoms with van der Waals surface area (Å²) in [5.74, 6) is 0.155. The fourth-order valence-electron chi connectivity index (χ4n) is 1.27. The number of hydrogen-bond donors (Lipinski definition) is 2. The second-order valence-electron chi connectivity index (χ2n) is 4.03. The monoisotopic (exact) mass is 226 g/mol. The van der Waals surface area contributed by atoms with E-state index in [9.17, 15) is 4.79 Å². The van der Waals surface area contributed by atoms with Gasteiger partial charge in [-0.15, -0.1) is 6.58 Å². The average molecular weight is 226 g/mol. The zero-order valence-electron chi connectivity index (χ0n) is 9.84. The Hall–Kier alpha value is -0.870. The summed E-state index contributed by atoms with van der Waals surface area (Å²) in [6.45, 7) is 6.56. The topological polar surface area (TPSA) is 50.4 Å². The molecule has 0 spiro atoms. The van der Waals surface area contributed by atoms with E-state index in [0.717, 1.165) is 39.0 Å². The van der Waals surface area contributed by atoms with Crippen LogP contribution in [0.2, 0.25) is 0 Å². The molecule has 0 aromatic rings. The molecule has 16 heavy (non-hydrogen) atoms. The van der Waals surface area contributed by atoms with Crippen LogP contribution in [0.4, 0.5) is 0 Å². The molecular formula is C12H22N2O2. The SMILES string of the molecule is C=CCCOCCNCCC(=O)NC1CC1. The van der Waals surface area contributed by atoms with Crippen LogP contribution in [0, 0.1) is 0 Å². The Bertz CT molecular complexity index is 215. The van der Waals surface area contributed by atoms with Gasteiger partial charge in [0.15, 0.2) is 0 Å². The van der Waals surface area contributed by atoms with Gasteiger partial charge in [-0.3, -0.25) is 4.79 Å². The molecule has 92 valence electrons. The van der Waals surface area contributed by atoms with Crippen molar-refractivity contribution < 1.29 is 9.53 Å². The highest BCUT2D eigenvalue weighted by molar-refractivity contribution is 5.76. The normalized spacial score (nSPS) is 14.8. The lowest BCUT2D eigenvalue weighted by Crippen LogP contribution is -2.30. The van der Waals surface area contributed by atoms with E-state index in [0.29, 0.717) is 19.1 Å². The van der Waals surface area contributed by atoms with E-state index in [2.05, 4.69) is 17.2 Å². The van der Waals surface area contributed by atoms with Crippen molar-refractivity contribution in [3.05, 3.63) is 12.7 Å². The Labute approximate surface area is 97.4 Å². The average Bonchev–Trinajstić information content (AvgIpc) is 3.06. The van der Waals surface area contributed by atoms with Gasteiger partial charge < -0.3 is 15.4 Å². The third-order valence-corrected chi connectivity index (χ3v) is 2.36. The Morgan fingerprint density at radius 3 is 2.88 bits per heavy atom. The van der Waals surface area contributed by atoms with Crippen LogP contribution in [-0.2, 0) is 9.53 Å². The maximum atomic E-state index is 11.3. The van der Waals surface area contributed by atoms with E-state index in [4.69, 9.17) is 4.74 Å². The van der Waals surface area contributed by atoms with E-state index in [1.807, 2.05) is 6.08 Å². The highest BCUT2D eigenvalue weighted by atomic mass is 16.5. The van der Waals surface area contributed by atoms with Crippen molar-refractivity contribution in [3.8, 4) is 0 Å². The lowest BCUT2D eigenvalue weighted by molar-refractivity contribution is -0.121. The summed E-state index contributed by atoms with van der Waals surface area (Å²) in [5.41, 5.74) is 0. The van der Waals surface area contributed by atoms with Crippen molar-refractivity contribution >= 4 is 5.91 Å². The van der Waals surface area contributed by atoms with E-state index in [1.165, 1.54) is 0 Å². The van der Waals surface area contributed by atoms with Crippen LogP contribution in [0.3, 0.4) is 0 Å². The number of carbonyl (C=O) groups excluding carboxylic acids is 1. The van der Waals surface area contributed by atoms with Crippen LogP contribution in [0.5, 0.6) is 0 Å². The van der Waals surface area contributed by atoms with Crippen molar-refractivity contribution in [1.29, 1.82) is 0 Å². The highest BCUT2D eigenvalue weighted by Gasteiger charge is 2.22. The molecule has 1 aliphatic rings. The van der Waals surface area contributed by atoms with Crippen LogP contribution in [0.25, 0.3) is 0 Å². The summed E-state index contributed by atoms with van der Waals surface area (Å²) < 4.78 is 5.32. The quantitative estimate of drug-likeness (QED) is 0.429. The van der Waals surface area contributed by atoms with Crippen LogP contribution in [0.1, 0.15) is 25.7 Å². The van der Waals surface area contributed by atoms with Crippen molar-refractivity contribution in [1.82, 2.24) is 10.6 Å². The van der Waals surface area contributed by atoms with Gasteiger partial charge in [0.05, 0.1) is 13.2 Å². The summed E-state index contributed by atoms with van der Waals surface area (Å²) in [6.07, 6.45) is 5.59. The van der Waals surface area contributed by atoms with Gasteiger partial charge in [0.25, 0.3) is 0 Å². The van der Waals surface area contributed by atoms with Gasteiger partial charge in [0.1, 0.15) is 0 Å². The number of nitrogens with one attached hydrogen (secondary N) is 2. The first-order chi connectivity index (χ1) is 7.83. The van der Waals surface area contributed by atoms with Gasteiger partial charge >= 0.3 is 0 Å². The van der Waals surface area contributed by atoms with Gasteiger partial charge in [-0.25, -0.2) is 0 Å². The minimum absolute atomic E-state index is 0.155. The van der Waals surface area contributed by atoms with Crippen LogP contribution >= 0.6 is 0 Å². The molecule has 1 amide bonds. The van der Waals surface area contributed by atoms with Crippen LogP contribution < -0.4 is 10.6 Å². The minimum atomic E-state index is 0.155. The third-order valence-electron chi connectivity index (χ3n) is 2.36. The maximum Gasteiger partial charge on any atom is 0.221 e. The van der Waals surface area contributed by atoms with E-state index in [-0.39, 0.29) is 5.91 Å². The molecule has 0 heterocycles. The summed E-state index contributed by atoms with van der Waals surface area (Å²) in [7, 11) is 0. The Morgan fingerprint density at radius 2 is 2.19 bits per heavy atom. The Kier molecular flexibility index (Phi) is 6.85. The molecule has 0 bridgehead atoms. The molecule has 0 aliphatic heterocycles. The second-order valence-corrected chi connectivity index (χ2v) is 4.03. The van der Waals surface area contributed by atoms with Crippen molar-refractivity contribution in [2.75, 3.05) is 26.3 Å². The van der Waals surface area contributed by atoms with Gasteiger partial charge in [0, 0.05) is 25.6 Å². The first kappa shape index (κ1) is 13.2. The number of hydrogen-bond acceptors (Lipinski definition) is 3. The zero-order chi connectivity index (χ0) is 11.6. The number of carbonyl (C=O) groups is 1. The first-order valence-corrected chi connectivity index (χ1v) is 6.01. The molecule has 0 atom stereocenters. The summed E-state index contributed by atoms with van der Waals surface area (Å²) in [6, 6.07) is 0.467. The Balaban J connectivity index is 1.76. The first-order valence-electron chi connectivity index (χ1n) is 6.01. The molecule has 0 aromatic carbocycles. The van der Waals surface area contributed by atoms with Crippen LogP contribution in [-0.4, -0.2) is 38.3 Å². The molecule has 1 rings (SSSR count). The molecule has 1 aliphatic carbocycles. The maximum absolute atomic E-state index is 11.3. The van der Waals surface area contributed by atoms with Crippen molar-refractivity contribution in [2.45, 2.75) is 31.7 Å². The summed E-state index contributed by atoms with van der Waals surface area (Å²) in [5, 5.41) is 6.13. The molecule has 4 nitrogen and oxygen atoms in total. The molecule has 0 radical (unpaired) electrons.